The molecule has 5 nitrogen and oxygen atoms in total. The fourth-order valence-electron chi connectivity index (χ4n) is 1.56. The van der Waals surface area contributed by atoms with Gasteiger partial charge in [0.1, 0.15) is 11.3 Å². The van der Waals surface area contributed by atoms with Crippen molar-refractivity contribution in [3.8, 4) is 0 Å². The molecule has 0 saturated carbocycles. The second-order valence-electron chi connectivity index (χ2n) is 3.18. The Bertz CT molecular complexity index is 660. The molecule has 2 heterocycles. The highest BCUT2D eigenvalue weighted by molar-refractivity contribution is 6.03. The molecule has 1 aromatic carbocycles. The van der Waals surface area contributed by atoms with Crippen LogP contribution < -0.4 is 5.73 Å². The van der Waals surface area contributed by atoms with Crippen LogP contribution in [0.1, 0.15) is 0 Å². The minimum Gasteiger partial charge on any atom is -0.366 e. The Morgan fingerprint density at radius 2 is 2.13 bits per heavy atom. The van der Waals surface area contributed by atoms with Gasteiger partial charge in [0.05, 0.1) is 0 Å². The van der Waals surface area contributed by atoms with Crippen LogP contribution in [0.4, 0.5) is 10.3 Å². The summed E-state index contributed by atoms with van der Waals surface area (Å²) in [6.45, 7) is 0. The molecule has 0 unspecified atom stereocenters. The van der Waals surface area contributed by atoms with E-state index < -0.39 is 0 Å². The fourth-order valence-corrected chi connectivity index (χ4v) is 1.56. The smallest absolute Gasteiger partial charge is 0.242 e. The van der Waals surface area contributed by atoms with Crippen molar-refractivity contribution in [2.45, 2.75) is 0 Å². The van der Waals surface area contributed by atoms with E-state index in [9.17, 15) is 4.39 Å². The highest BCUT2D eigenvalue weighted by Crippen LogP contribution is 2.22. The van der Waals surface area contributed by atoms with Crippen LogP contribution in [0.5, 0.6) is 0 Å². The number of halogens is 1. The topological polar surface area (TPSA) is 80.5 Å². The predicted molar refractivity (Wildman–Crippen MR) is 53.6 cm³/mol. The number of hydrogen-bond donors (Lipinski definition) is 2. The maximum absolute atomic E-state index is 13.0. The maximum Gasteiger partial charge on any atom is 0.242 e. The van der Waals surface area contributed by atoms with Gasteiger partial charge in [-0.2, -0.15) is 4.98 Å². The zero-order chi connectivity index (χ0) is 10.4. The Morgan fingerprint density at radius 3 is 3.00 bits per heavy atom. The number of fused-ring (bicyclic) bond motifs is 3. The van der Waals surface area contributed by atoms with Crippen molar-refractivity contribution in [1.82, 2.24) is 20.2 Å². The summed E-state index contributed by atoms with van der Waals surface area (Å²) >= 11 is 0. The molecule has 0 spiro atoms. The van der Waals surface area contributed by atoms with Crippen molar-refractivity contribution in [2.24, 2.45) is 0 Å². The number of nitrogen functional groups attached to an aromatic ring is 1. The number of nitrogens with one attached hydrogen (secondary N) is 1. The summed E-state index contributed by atoms with van der Waals surface area (Å²) in [6, 6.07) is 4.39. The van der Waals surface area contributed by atoms with Gasteiger partial charge in [-0.1, -0.05) is 0 Å². The number of anilines is 1. The molecule has 0 fully saturated rings. The van der Waals surface area contributed by atoms with E-state index in [0.29, 0.717) is 16.6 Å². The summed E-state index contributed by atoms with van der Waals surface area (Å²) in [5, 5.41) is 8.17. The van der Waals surface area contributed by atoms with E-state index in [-0.39, 0.29) is 11.8 Å². The maximum atomic E-state index is 13.0. The number of aromatic nitrogens is 4. The SMILES string of the molecule is Nc1nnc2c(n1)[nH]c1ccc(F)cc12. The van der Waals surface area contributed by atoms with Crippen LogP contribution in [0.3, 0.4) is 0 Å². The molecule has 15 heavy (non-hydrogen) atoms. The molecule has 0 amide bonds. The largest absolute Gasteiger partial charge is 0.366 e. The van der Waals surface area contributed by atoms with Crippen molar-refractivity contribution < 1.29 is 4.39 Å². The number of hydrogen-bond acceptors (Lipinski definition) is 4. The lowest BCUT2D eigenvalue weighted by molar-refractivity contribution is 0.630. The van der Waals surface area contributed by atoms with E-state index in [1.54, 1.807) is 6.07 Å². The number of rotatable bonds is 0. The Morgan fingerprint density at radius 1 is 1.27 bits per heavy atom. The zero-order valence-electron chi connectivity index (χ0n) is 7.53. The number of H-pyrrole nitrogens is 1. The first-order valence-corrected chi connectivity index (χ1v) is 4.31. The summed E-state index contributed by atoms with van der Waals surface area (Å²) < 4.78 is 13.0. The lowest BCUT2D eigenvalue weighted by atomic mass is 10.2. The molecule has 3 aromatic rings. The second kappa shape index (κ2) is 2.63. The van der Waals surface area contributed by atoms with Gasteiger partial charge in [-0.15, -0.1) is 10.2 Å². The van der Waals surface area contributed by atoms with Crippen molar-refractivity contribution in [3.63, 3.8) is 0 Å². The van der Waals surface area contributed by atoms with Gasteiger partial charge in [0.25, 0.3) is 0 Å². The molecule has 74 valence electrons. The molecule has 6 heteroatoms. The van der Waals surface area contributed by atoms with Crippen LogP contribution in [0.15, 0.2) is 18.2 Å². The van der Waals surface area contributed by atoms with E-state index in [1.165, 1.54) is 12.1 Å². The van der Waals surface area contributed by atoms with E-state index in [4.69, 9.17) is 5.73 Å². The van der Waals surface area contributed by atoms with Crippen LogP contribution in [0.25, 0.3) is 22.1 Å². The molecule has 0 radical (unpaired) electrons. The van der Waals surface area contributed by atoms with Crippen LogP contribution in [0, 0.1) is 5.82 Å². The van der Waals surface area contributed by atoms with Crippen molar-refractivity contribution in [1.29, 1.82) is 0 Å². The second-order valence-corrected chi connectivity index (χ2v) is 3.18. The molecular formula is C9H6FN5. The molecule has 3 rings (SSSR count). The van der Waals surface area contributed by atoms with E-state index in [2.05, 4.69) is 20.2 Å². The number of nitrogens with zero attached hydrogens (tertiary/aromatic N) is 3. The van der Waals surface area contributed by atoms with Gasteiger partial charge in [0.2, 0.25) is 5.95 Å². The molecular weight excluding hydrogens is 197 g/mol. The third-order valence-corrected chi connectivity index (χ3v) is 2.19. The molecule has 0 aliphatic carbocycles. The molecule has 3 N–H and O–H groups in total. The standard InChI is InChI=1S/C9H6FN5/c10-4-1-2-6-5(3-4)7-8(12-6)13-9(11)15-14-7/h1-3H,(H3,11,12,13,15). The van der Waals surface area contributed by atoms with Crippen LogP contribution in [-0.2, 0) is 0 Å². The van der Waals surface area contributed by atoms with Gasteiger partial charge in [-0.3, -0.25) is 0 Å². The lowest BCUT2D eigenvalue weighted by Crippen LogP contribution is -1.96. The van der Waals surface area contributed by atoms with Gasteiger partial charge in [-0.25, -0.2) is 4.39 Å². The first-order chi connectivity index (χ1) is 7.24. The Labute approximate surface area is 83.1 Å². The van der Waals surface area contributed by atoms with Crippen LogP contribution in [-0.4, -0.2) is 20.2 Å². The Balaban J connectivity index is 2.53. The van der Waals surface area contributed by atoms with Crippen molar-refractivity contribution in [2.75, 3.05) is 5.73 Å². The lowest BCUT2D eigenvalue weighted by Gasteiger charge is -1.90. The summed E-state index contributed by atoms with van der Waals surface area (Å²) in [4.78, 5) is 6.95. The normalized spacial score (nSPS) is 11.3. The molecule has 0 saturated heterocycles. The molecule has 0 aliphatic heterocycles. The molecule has 2 aromatic heterocycles. The van der Waals surface area contributed by atoms with Crippen molar-refractivity contribution in [3.05, 3.63) is 24.0 Å². The highest BCUT2D eigenvalue weighted by Gasteiger charge is 2.08. The van der Waals surface area contributed by atoms with E-state index >= 15 is 0 Å². The van der Waals surface area contributed by atoms with Gasteiger partial charge < -0.3 is 10.7 Å². The Kier molecular flexibility index (Phi) is 1.42. The third-order valence-electron chi connectivity index (χ3n) is 2.19. The first-order valence-electron chi connectivity index (χ1n) is 4.31. The first kappa shape index (κ1) is 8.10. The summed E-state index contributed by atoms with van der Waals surface area (Å²) in [6.07, 6.45) is 0. The minimum absolute atomic E-state index is 0.0922. The summed E-state index contributed by atoms with van der Waals surface area (Å²) in [5.41, 5.74) is 7.20. The third kappa shape index (κ3) is 1.11. The van der Waals surface area contributed by atoms with Gasteiger partial charge in [-0.05, 0) is 18.2 Å². The van der Waals surface area contributed by atoms with E-state index in [0.717, 1.165) is 5.52 Å². The fraction of sp³-hybridized carbons (Fsp3) is 0. The monoisotopic (exact) mass is 203 g/mol. The predicted octanol–water partition coefficient (Wildman–Crippen LogP) is 1.23. The number of aromatic amines is 1. The average Bonchev–Trinajstić information content (AvgIpc) is 2.54. The van der Waals surface area contributed by atoms with Crippen LogP contribution in [0.2, 0.25) is 0 Å². The van der Waals surface area contributed by atoms with Crippen molar-refractivity contribution >= 4 is 28.0 Å². The highest BCUT2D eigenvalue weighted by atomic mass is 19.1. The van der Waals surface area contributed by atoms with Gasteiger partial charge >= 0.3 is 0 Å². The average molecular weight is 203 g/mol. The van der Waals surface area contributed by atoms with Crippen LogP contribution >= 0.6 is 0 Å². The summed E-state index contributed by atoms with van der Waals surface area (Å²) in [7, 11) is 0. The quantitative estimate of drug-likeness (QED) is 0.575. The zero-order valence-corrected chi connectivity index (χ0v) is 7.53. The van der Waals surface area contributed by atoms with E-state index in [1.807, 2.05) is 0 Å². The van der Waals surface area contributed by atoms with Gasteiger partial charge in [0, 0.05) is 10.9 Å². The Hall–Kier alpha value is -2.24. The number of benzene rings is 1. The van der Waals surface area contributed by atoms with Gasteiger partial charge in [0.15, 0.2) is 5.65 Å². The summed E-state index contributed by atoms with van der Waals surface area (Å²) in [5.74, 6) is -0.225. The molecule has 0 atom stereocenters. The molecule has 0 aliphatic rings. The number of nitrogens with two attached hydrogens (primary N) is 1. The molecule has 0 bridgehead atoms. The minimum atomic E-state index is -0.318.